The van der Waals surface area contributed by atoms with Gasteiger partial charge < -0.3 is 5.32 Å². The van der Waals surface area contributed by atoms with Crippen molar-refractivity contribution in [2.24, 2.45) is 0 Å². The van der Waals surface area contributed by atoms with Crippen LogP contribution in [0.5, 0.6) is 0 Å². The highest BCUT2D eigenvalue weighted by Gasteiger charge is 2.42. The van der Waals surface area contributed by atoms with E-state index in [4.69, 9.17) is 0 Å². The molecule has 1 aliphatic rings. The third kappa shape index (κ3) is 1.82. The smallest absolute Gasteiger partial charge is 0.373 e. The topological polar surface area (TPSA) is 12.0 Å². The van der Waals surface area contributed by atoms with Gasteiger partial charge in [0.25, 0.3) is 0 Å². The van der Waals surface area contributed by atoms with E-state index < -0.39 is 12.2 Å². The minimum atomic E-state index is -4.16. The summed E-state index contributed by atoms with van der Waals surface area (Å²) < 4.78 is 38.0. The van der Waals surface area contributed by atoms with Crippen LogP contribution in [0, 0.1) is 3.57 Å². The summed E-state index contributed by atoms with van der Waals surface area (Å²) >= 11 is 2.09. The van der Waals surface area contributed by atoms with Gasteiger partial charge in [-0.3, -0.25) is 0 Å². The van der Waals surface area contributed by atoms with Gasteiger partial charge in [-0.05, 0) is 46.4 Å². The van der Waals surface area contributed by atoms with Crippen LogP contribution in [0.4, 0.5) is 18.9 Å². The van der Waals surface area contributed by atoms with Crippen LogP contribution in [0.3, 0.4) is 0 Å². The van der Waals surface area contributed by atoms with Gasteiger partial charge in [0.15, 0.2) is 0 Å². The predicted molar refractivity (Wildman–Crippen MR) is 56.3 cm³/mol. The van der Waals surface area contributed by atoms with Crippen molar-refractivity contribution in [1.29, 1.82) is 0 Å². The summed E-state index contributed by atoms with van der Waals surface area (Å²) in [6, 6.07) is 3.86. The molecule has 0 aliphatic carbocycles. The van der Waals surface area contributed by atoms with Crippen molar-refractivity contribution in [1.82, 2.24) is 0 Å². The molecular formula is C9H7F3IN. The van der Waals surface area contributed by atoms with Crippen molar-refractivity contribution in [3.05, 3.63) is 27.3 Å². The molecule has 1 heterocycles. The fourth-order valence-corrected chi connectivity index (χ4v) is 2.08. The molecule has 1 atom stereocenters. The maximum atomic E-state index is 12.4. The molecule has 1 aromatic carbocycles. The van der Waals surface area contributed by atoms with E-state index in [9.17, 15) is 13.2 Å². The molecule has 0 spiro atoms. The Labute approximate surface area is 92.8 Å². The van der Waals surface area contributed by atoms with Gasteiger partial charge >= 0.3 is 6.18 Å². The summed E-state index contributed by atoms with van der Waals surface area (Å²) in [6.07, 6.45) is -4.12. The van der Waals surface area contributed by atoms with Gasteiger partial charge in [-0.25, -0.2) is 0 Å². The first-order valence-corrected chi connectivity index (χ1v) is 5.16. The number of hydrogen-bond acceptors (Lipinski definition) is 1. The van der Waals surface area contributed by atoms with Gasteiger partial charge in [-0.15, -0.1) is 0 Å². The largest absolute Gasteiger partial charge is 0.408 e. The third-order valence-corrected chi connectivity index (χ3v) is 2.89. The zero-order valence-electron chi connectivity index (χ0n) is 7.03. The van der Waals surface area contributed by atoms with Gasteiger partial charge in [-0.1, -0.05) is 0 Å². The lowest BCUT2D eigenvalue weighted by Crippen LogP contribution is -2.34. The maximum Gasteiger partial charge on any atom is 0.408 e. The van der Waals surface area contributed by atoms with Crippen molar-refractivity contribution >= 4 is 28.3 Å². The molecule has 0 saturated heterocycles. The van der Waals surface area contributed by atoms with E-state index >= 15 is 0 Å². The highest BCUT2D eigenvalue weighted by molar-refractivity contribution is 14.1. The average molecular weight is 313 g/mol. The normalized spacial score (nSPS) is 20.4. The quantitative estimate of drug-likeness (QED) is 0.726. The lowest BCUT2D eigenvalue weighted by atomic mass is 10.1. The van der Waals surface area contributed by atoms with Crippen LogP contribution in [-0.2, 0) is 6.42 Å². The molecule has 76 valence electrons. The van der Waals surface area contributed by atoms with Crippen LogP contribution >= 0.6 is 22.6 Å². The second kappa shape index (κ2) is 3.29. The van der Waals surface area contributed by atoms with Gasteiger partial charge in [0.05, 0.1) is 0 Å². The standard InChI is InChI=1S/C9H7F3IN/c10-9(11,12)8-4-5-3-6(13)1-2-7(5)14-8/h1-3,8,14H,4H2. The van der Waals surface area contributed by atoms with E-state index in [2.05, 4.69) is 27.9 Å². The van der Waals surface area contributed by atoms with Crippen LogP contribution in [-0.4, -0.2) is 12.2 Å². The summed E-state index contributed by atoms with van der Waals surface area (Å²) in [6.45, 7) is 0. The fraction of sp³-hybridized carbons (Fsp3) is 0.333. The van der Waals surface area contributed by atoms with Crippen LogP contribution in [0.15, 0.2) is 18.2 Å². The maximum absolute atomic E-state index is 12.4. The number of rotatable bonds is 0. The summed E-state index contributed by atoms with van der Waals surface area (Å²) in [5, 5.41) is 2.47. The van der Waals surface area contributed by atoms with Gasteiger partial charge in [0.1, 0.15) is 6.04 Å². The number of halogens is 4. The second-order valence-corrected chi connectivity index (χ2v) is 4.49. The number of benzene rings is 1. The molecule has 5 heteroatoms. The summed E-state index contributed by atoms with van der Waals surface area (Å²) in [5.74, 6) is 0. The molecular weight excluding hydrogens is 306 g/mol. The Morgan fingerprint density at radius 1 is 1.36 bits per heavy atom. The SMILES string of the molecule is FC(F)(F)C1Cc2cc(I)ccc2N1. The molecule has 0 fully saturated rings. The molecule has 0 bridgehead atoms. The Kier molecular flexibility index (Phi) is 2.36. The average Bonchev–Trinajstić information content (AvgIpc) is 2.45. The van der Waals surface area contributed by atoms with E-state index in [1.807, 2.05) is 0 Å². The summed E-state index contributed by atoms with van der Waals surface area (Å²) in [4.78, 5) is 0. The molecule has 1 N–H and O–H groups in total. The number of alkyl halides is 3. The van der Waals surface area contributed by atoms with E-state index in [-0.39, 0.29) is 6.42 Å². The summed E-state index contributed by atoms with van der Waals surface area (Å²) in [5.41, 5.74) is 1.35. The molecule has 2 rings (SSSR count). The zero-order chi connectivity index (χ0) is 10.3. The molecule has 1 nitrogen and oxygen atoms in total. The molecule has 1 aliphatic heterocycles. The Morgan fingerprint density at radius 3 is 2.71 bits per heavy atom. The van der Waals surface area contributed by atoms with E-state index in [1.54, 1.807) is 18.2 Å². The van der Waals surface area contributed by atoms with Crippen molar-refractivity contribution < 1.29 is 13.2 Å². The van der Waals surface area contributed by atoms with Gasteiger partial charge in [0.2, 0.25) is 0 Å². The monoisotopic (exact) mass is 313 g/mol. The molecule has 14 heavy (non-hydrogen) atoms. The van der Waals surface area contributed by atoms with E-state index in [0.29, 0.717) is 5.69 Å². The number of hydrogen-bond donors (Lipinski definition) is 1. The first kappa shape index (κ1) is 10.1. The summed E-state index contributed by atoms with van der Waals surface area (Å²) in [7, 11) is 0. The van der Waals surface area contributed by atoms with Crippen molar-refractivity contribution in [2.75, 3.05) is 5.32 Å². The molecule has 1 aromatic rings. The Morgan fingerprint density at radius 2 is 2.07 bits per heavy atom. The van der Waals surface area contributed by atoms with Crippen molar-refractivity contribution in [3.8, 4) is 0 Å². The second-order valence-electron chi connectivity index (χ2n) is 3.24. The predicted octanol–water partition coefficient (Wildman–Crippen LogP) is 3.19. The number of anilines is 1. The Hall–Kier alpha value is -0.460. The van der Waals surface area contributed by atoms with Crippen LogP contribution in [0.2, 0.25) is 0 Å². The highest BCUT2D eigenvalue weighted by atomic mass is 127. The van der Waals surface area contributed by atoms with Crippen LogP contribution in [0.1, 0.15) is 5.56 Å². The van der Waals surface area contributed by atoms with Crippen LogP contribution in [0.25, 0.3) is 0 Å². The fourth-order valence-electron chi connectivity index (χ4n) is 1.53. The minimum absolute atomic E-state index is 0.0374. The number of nitrogens with one attached hydrogen (secondary N) is 1. The van der Waals surface area contributed by atoms with Crippen LogP contribution < -0.4 is 5.32 Å². The lowest BCUT2D eigenvalue weighted by molar-refractivity contribution is -0.140. The first-order valence-electron chi connectivity index (χ1n) is 4.08. The first-order chi connectivity index (χ1) is 6.47. The molecule has 0 radical (unpaired) electrons. The zero-order valence-corrected chi connectivity index (χ0v) is 9.19. The molecule has 1 unspecified atom stereocenters. The number of fused-ring (bicyclic) bond motifs is 1. The third-order valence-electron chi connectivity index (χ3n) is 2.22. The van der Waals surface area contributed by atoms with Gasteiger partial charge in [-0.2, -0.15) is 13.2 Å². The minimum Gasteiger partial charge on any atom is -0.373 e. The van der Waals surface area contributed by atoms with E-state index in [1.165, 1.54) is 0 Å². The van der Waals surface area contributed by atoms with Crippen molar-refractivity contribution in [3.63, 3.8) is 0 Å². The van der Waals surface area contributed by atoms with E-state index in [0.717, 1.165) is 9.13 Å². The van der Waals surface area contributed by atoms with Crippen molar-refractivity contribution in [2.45, 2.75) is 18.6 Å². The molecule has 0 amide bonds. The molecule has 0 saturated carbocycles. The highest BCUT2D eigenvalue weighted by Crippen LogP contribution is 2.34. The van der Waals surface area contributed by atoms with Gasteiger partial charge in [0, 0.05) is 15.7 Å². The Balaban J connectivity index is 2.26. The molecule has 0 aromatic heterocycles. The lowest BCUT2D eigenvalue weighted by Gasteiger charge is -2.14. The Bertz CT molecular complexity index is 362.